The Bertz CT molecular complexity index is 757. The molecule has 1 fully saturated rings. The Labute approximate surface area is 145 Å². The van der Waals surface area contributed by atoms with Crippen LogP contribution in [0.2, 0.25) is 0 Å². The van der Waals surface area contributed by atoms with Crippen molar-refractivity contribution in [1.82, 2.24) is 4.90 Å². The highest BCUT2D eigenvalue weighted by Gasteiger charge is 2.34. The number of carbonyl (C=O) groups is 2. The first-order chi connectivity index (χ1) is 11.5. The van der Waals surface area contributed by atoms with E-state index < -0.39 is 11.9 Å². The van der Waals surface area contributed by atoms with Gasteiger partial charge >= 0.3 is 5.97 Å². The summed E-state index contributed by atoms with van der Waals surface area (Å²) in [6, 6.07) is 14.6. The fourth-order valence-corrected chi connectivity index (χ4v) is 3.53. The summed E-state index contributed by atoms with van der Waals surface area (Å²) in [5, 5.41) is 11.4. The minimum absolute atomic E-state index is 0.0313. The topological polar surface area (TPSA) is 57.6 Å². The maximum Gasteiger partial charge on any atom is 0.308 e. The van der Waals surface area contributed by atoms with Crippen molar-refractivity contribution >= 4 is 34.4 Å². The smallest absolute Gasteiger partial charge is 0.308 e. The largest absolute Gasteiger partial charge is 0.481 e. The summed E-state index contributed by atoms with van der Waals surface area (Å²) < 4.78 is 0. The van der Waals surface area contributed by atoms with Gasteiger partial charge < -0.3 is 10.0 Å². The number of hydrogen-bond donors (Lipinski definition) is 1. The van der Waals surface area contributed by atoms with E-state index in [0.717, 1.165) is 23.1 Å². The Hall–Kier alpha value is -2.01. The van der Waals surface area contributed by atoms with E-state index in [1.165, 1.54) is 17.1 Å². The summed E-state index contributed by atoms with van der Waals surface area (Å²) in [5.41, 5.74) is 0. The fraction of sp³-hybridized carbons (Fsp3) is 0.368. The summed E-state index contributed by atoms with van der Waals surface area (Å²) in [6.45, 7) is 1.96. The van der Waals surface area contributed by atoms with Crippen LogP contribution in [0, 0.1) is 5.92 Å². The molecule has 0 aliphatic heterocycles. The van der Waals surface area contributed by atoms with Gasteiger partial charge in [-0.15, -0.1) is 11.8 Å². The molecule has 1 amide bonds. The monoisotopic (exact) mass is 343 g/mol. The van der Waals surface area contributed by atoms with Crippen LogP contribution in [-0.2, 0) is 9.59 Å². The first-order valence-electron chi connectivity index (χ1n) is 8.18. The molecule has 1 N–H and O–H groups in total. The van der Waals surface area contributed by atoms with Gasteiger partial charge in [-0.1, -0.05) is 37.3 Å². The van der Waals surface area contributed by atoms with Crippen molar-refractivity contribution in [3.8, 4) is 0 Å². The average molecular weight is 343 g/mol. The highest BCUT2D eigenvalue weighted by atomic mass is 32.2. The molecule has 0 heterocycles. The van der Waals surface area contributed by atoms with Gasteiger partial charge in [0.15, 0.2) is 0 Å². The molecule has 4 nitrogen and oxygen atoms in total. The lowest BCUT2D eigenvalue weighted by molar-refractivity contribution is -0.142. The third-order valence-corrected chi connectivity index (χ3v) is 5.26. The van der Waals surface area contributed by atoms with E-state index in [2.05, 4.69) is 24.3 Å². The van der Waals surface area contributed by atoms with Gasteiger partial charge in [-0.3, -0.25) is 9.59 Å². The highest BCUT2D eigenvalue weighted by molar-refractivity contribution is 8.00. The maximum absolute atomic E-state index is 12.5. The Morgan fingerprint density at radius 3 is 2.58 bits per heavy atom. The summed E-state index contributed by atoms with van der Waals surface area (Å²) in [5.74, 6) is -0.999. The zero-order valence-electron chi connectivity index (χ0n) is 13.6. The van der Waals surface area contributed by atoms with Gasteiger partial charge in [0.25, 0.3) is 0 Å². The predicted molar refractivity (Wildman–Crippen MR) is 96.2 cm³/mol. The lowest BCUT2D eigenvalue weighted by Crippen LogP contribution is -2.39. The molecule has 1 atom stereocenters. The first kappa shape index (κ1) is 16.8. The van der Waals surface area contributed by atoms with Crippen molar-refractivity contribution in [2.24, 2.45) is 5.92 Å². The van der Waals surface area contributed by atoms with E-state index >= 15 is 0 Å². The second kappa shape index (κ2) is 7.26. The summed E-state index contributed by atoms with van der Waals surface area (Å²) >= 11 is 1.51. The molecule has 24 heavy (non-hydrogen) atoms. The van der Waals surface area contributed by atoms with Crippen LogP contribution in [0.3, 0.4) is 0 Å². The van der Waals surface area contributed by atoms with Gasteiger partial charge in [0.2, 0.25) is 5.91 Å². The van der Waals surface area contributed by atoms with Crippen molar-refractivity contribution in [3.05, 3.63) is 42.5 Å². The number of aliphatic carboxylic acids is 1. The van der Waals surface area contributed by atoms with Gasteiger partial charge in [-0.05, 0) is 35.7 Å². The van der Waals surface area contributed by atoms with Gasteiger partial charge in [0.1, 0.15) is 0 Å². The molecule has 1 saturated carbocycles. The second-order valence-corrected chi connectivity index (χ2v) is 7.36. The Morgan fingerprint density at radius 1 is 1.21 bits per heavy atom. The van der Waals surface area contributed by atoms with Crippen molar-refractivity contribution in [3.63, 3.8) is 0 Å². The molecule has 0 spiro atoms. The summed E-state index contributed by atoms with van der Waals surface area (Å²) in [7, 11) is 0. The Balaban J connectivity index is 1.63. The number of benzene rings is 2. The molecule has 0 bridgehead atoms. The van der Waals surface area contributed by atoms with Crippen LogP contribution in [0.4, 0.5) is 0 Å². The first-order valence-corrected chi connectivity index (χ1v) is 9.17. The zero-order chi connectivity index (χ0) is 17.1. The maximum atomic E-state index is 12.5. The summed E-state index contributed by atoms with van der Waals surface area (Å²) in [4.78, 5) is 26.4. The molecule has 0 saturated heterocycles. The van der Waals surface area contributed by atoms with Crippen molar-refractivity contribution < 1.29 is 14.7 Å². The molecule has 1 aliphatic rings. The third kappa shape index (κ3) is 4.09. The lowest BCUT2D eigenvalue weighted by Gasteiger charge is -2.24. The number of carbonyl (C=O) groups excluding carboxylic acids is 1. The number of amides is 1. The van der Waals surface area contributed by atoms with Crippen LogP contribution in [-0.4, -0.2) is 40.2 Å². The normalized spacial score (nSPS) is 15.2. The number of rotatable bonds is 7. The van der Waals surface area contributed by atoms with E-state index in [1.807, 2.05) is 18.2 Å². The van der Waals surface area contributed by atoms with E-state index in [9.17, 15) is 9.59 Å². The van der Waals surface area contributed by atoms with Gasteiger partial charge in [-0.2, -0.15) is 0 Å². The van der Waals surface area contributed by atoms with Crippen molar-refractivity contribution in [1.29, 1.82) is 0 Å². The van der Waals surface area contributed by atoms with Gasteiger partial charge in [0, 0.05) is 17.5 Å². The van der Waals surface area contributed by atoms with E-state index in [4.69, 9.17) is 5.11 Å². The number of fused-ring (bicyclic) bond motifs is 1. The molecule has 2 aromatic carbocycles. The molecule has 1 unspecified atom stereocenters. The van der Waals surface area contributed by atoms with Gasteiger partial charge in [-0.25, -0.2) is 0 Å². The molecular formula is C19H21NO3S. The van der Waals surface area contributed by atoms with E-state index in [1.54, 1.807) is 11.8 Å². The number of thioether (sulfide) groups is 1. The number of carboxylic acid groups (broad SMARTS) is 1. The predicted octanol–water partition coefficient (Wildman–Crippen LogP) is 3.64. The minimum Gasteiger partial charge on any atom is -0.481 e. The van der Waals surface area contributed by atoms with Crippen LogP contribution in [0.5, 0.6) is 0 Å². The number of hydrogen-bond acceptors (Lipinski definition) is 3. The van der Waals surface area contributed by atoms with Crippen LogP contribution >= 0.6 is 11.8 Å². The molecule has 5 heteroatoms. The Kier molecular flexibility index (Phi) is 5.09. The Morgan fingerprint density at radius 2 is 1.92 bits per heavy atom. The molecular weight excluding hydrogens is 322 g/mol. The lowest BCUT2D eigenvalue weighted by atomic mass is 10.1. The minimum atomic E-state index is -0.851. The number of carboxylic acids is 1. The van der Waals surface area contributed by atoms with Crippen molar-refractivity contribution in [2.45, 2.75) is 30.7 Å². The average Bonchev–Trinajstić information content (AvgIpc) is 3.41. The van der Waals surface area contributed by atoms with E-state index in [-0.39, 0.29) is 11.9 Å². The SMILES string of the molecule is CC(CN(C(=O)CSc1ccc2ccccc2c1)C1CC1)C(=O)O. The molecule has 3 rings (SSSR count). The number of nitrogens with zero attached hydrogens (tertiary/aromatic N) is 1. The summed E-state index contributed by atoms with van der Waals surface area (Å²) in [6.07, 6.45) is 1.97. The fourth-order valence-electron chi connectivity index (χ4n) is 2.70. The molecule has 2 aromatic rings. The second-order valence-electron chi connectivity index (χ2n) is 6.31. The standard InChI is InChI=1S/C19H21NO3S/c1-13(19(22)23)11-20(16-7-8-16)18(21)12-24-17-9-6-14-4-2-3-5-15(14)10-17/h2-6,9-10,13,16H,7-8,11-12H2,1H3,(H,22,23). The zero-order valence-corrected chi connectivity index (χ0v) is 14.5. The molecule has 126 valence electrons. The molecule has 0 aromatic heterocycles. The third-order valence-electron chi connectivity index (χ3n) is 4.28. The highest BCUT2D eigenvalue weighted by Crippen LogP contribution is 2.30. The van der Waals surface area contributed by atoms with Gasteiger partial charge in [0.05, 0.1) is 11.7 Å². The van der Waals surface area contributed by atoms with E-state index in [0.29, 0.717) is 12.3 Å². The molecule has 1 aliphatic carbocycles. The van der Waals surface area contributed by atoms with Crippen LogP contribution in [0.1, 0.15) is 19.8 Å². The van der Waals surface area contributed by atoms with Crippen LogP contribution in [0.15, 0.2) is 47.4 Å². The van der Waals surface area contributed by atoms with Crippen LogP contribution < -0.4 is 0 Å². The quantitative estimate of drug-likeness (QED) is 0.780. The van der Waals surface area contributed by atoms with Crippen LogP contribution in [0.25, 0.3) is 10.8 Å². The van der Waals surface area contributed by atoms with Crippen molar-refractivity contribution in [2.75, 3.05) is 12.3 Å². The molecule has 0 radical (unpaired) electrons.